The molecule has 1 aliphatic carbocycles. The highest BCUT2D eigenvalue weighted by Crippen LogP contribution is 2.44. The van der Waals surface area contributed by atoms with Gasteiger partial charge >= 0.3 is 11.9 Å². The zero-order valence-electron chi connectivity index (χ0n) is 31.7. The number of ether oxygens (including phenoxy) is 5. The molecule has 7 heteroatoms. The van der Waals surface area contributed by atoms with Crippen molar-refractivity contribution in [3.05, 3.63) is 0 Å². The van der Waals surface area contributed by atoms with Gasteiger partial charge in [0.2, 0.25) is 0 Å². The quantitative estimate of drug-likeness (QED) is 0.0394. The number of hydrogen-bond acceptors (Lipinski definition) is 7. The highest BCUT2D eigenvalue weighted by atomic mass is 16.6. The van der Waals surface area contributed by atoms with Crippen LogP contribution in [0.25, 0.3) is 0 Å². The maximum absolute atomic E-state index is 13.0. The number of fused-ring (bicyclic) bond motifs is 1. The van der Waals surface area contributed by atoms with Crippen LogP contribution in [0.5, 0.6) is 0 Å². The zero-order valence-corrected chi connectivity index (χ0v) is 31.7. The molecule has 3 heterocycles. The predicted molar refractivity (Wildman–Crippen MR) is 196 cm³/mol. The van der Waals surface area contributed by atoms with Gasteiger partial charge in [-0.15, -0.1) is 0 Å². The molecule has 4 aliphatic rings. The van der Waals surface area contributed by atoms with E-state index in [0.717, 1.165) is 38.5 Å². The van der Waals surface area contributed by atoms with Gasteiger partial charge in [-0.2, -0.15) is 0 Å². The molecule has 4 rings (SSSR count). The van der Waals surface area contributed by atoms with Gasteiger partial charge in [-0.05, 0) is 51.4 Å². The van der Waals surface area contributed by atoms with Gasteiger partial charge in [0.25, 0.3) is 0 Å². The number of epoxide rings is 3. The molecule has 4 fully saturated rings. The van der Waals surface area contributed by atoms with E-state index in [2.05, 4.69) is 13.8 Å². The van der Waals surface area contributed by atoms with Crippen LogP contribution in [0.4, 0.5) is 0 Å². The molecule has 0 aromatic carbocycles. The molecule has 0 aromatic heterocycles. The van der Waals surface area contributed by atoms with Gasteiger partial charge in [-0.3, -0.25) is 9.59 Å². The molecule has 8 atom stereocenters. The van der Waals surface area contributed by atoms with Crippen LogP contribution in [0.15, 0.2) is 0 Å². The molecule has 0 spiro atoms. The lowest BCUT2D eigenvalue weighted by atomic mass is 9.79. The van der Waals surface area contributed by atoms with E-state index < -0.39 is 11.8 Å². The van der Waals surface area contributed by atoms with E-state index in [0.29, 0.717) is 50.5 Å². The number of carbonyl (C=O) groups excluding carboxylic acids is 2. The Bertz CT molecular complexity index is 824. The van der Waals surface area contributed by atoms with Crippen molar-refractivity contribution in [1.29, 1.82) is 0 Å². The maximum Gasteiger partial charge on any atom is 0.309 e. The summed E-state index contributed by atoms with van der Waals surface area (Å²) in [4.78, 5) is 26.0. The van der Waals surface area contributed by atoms with E-state index in [1.165, 1.54) is 128 Å². The molecular formula is C42H74O7. The summed E-state index contributed by atoms with van der Waals surface area (Å²) in [6, 6.07) is 0. The van der Waals surface area contributed by atoms with E-state index >= 15 is 0 Å². The molecule has 0 N–H and O–H groups in total. The number of unbranched alkanes of at least 4 members (excludes halogenated alkanes) is 18. The number of carbonyl (C=O) groups is 2. The fourth-order valence-corrected chi connectivity index (χ4v) is 8.09. The summed E-state index contributed by atoms with van der Waals surface area (Å²) >= 11 is 0. The zero-order chi connectivity index (χ0) is 34.5. The molecule has 49 heavy (non-hydrogen) atoms. The van der Waals surface area contributed by atoms with Crippen LogP contribution in [-0.2, 0) is 33.3 Å². The van der Waals surface area contributed by atoms with Crippen LogP contribution in [0.1, 0.15) is 194 Å². The minimum Gasteiger partial charge on any atom is -0.465 e. The third kappa shape index (κ3) is 16.8. The second kappa shape index (κ2) is 24.1. The van der Waals surface area contributed by atoms with Gasteiger partial charge in [0.1, 0.15) is 0 Å². The van der Waals surface area contributed by atoms with Crippen LogP contribution < -0.4 is 0 Å². The van der Waals surface area contributed by atoms with E-state index in [1.807, 2.05) is 0 Å². The summed E-state index contributed by atoms with van der Waals surface area (Å²) in [5.41, 5.74) is 0. The Kier molecular flexibility index (Phi) is 20.0. The molecule has 3 saturated heterocycles. The molecule has 284 valence electrons. The average molecular weight is 691 g/mol. The van der Waals surface area contributed by atoms with Crippen LogP contribution in [-0.4, -0.2) is 61.8 Å². The first-order valence-electron chi connectivity index (χ1n) is 21.4. The average Bonchev–Trinajstić information content (AvgIpc) is 4.02. The maximum atomic E-state index is 13.0. The predicted octanol–water partition coefficient (Wildman–Crippen LogP) is 10.6. The number of esters is 2. The van der Waals surface area contributed by atoms with Crippen molar-refractivity contribution in [1.82, 2.24) is 0 Å². The van der Waals surface area contributed by atoms with Crippen molar-refractivity contribution >= 4 is 11.9 Å². The monoisotopic (exact) mass is 691 g/mol. The molecular weight excluding hydrogens is 616 g/mol. The highest BCUT2D eigenvalue weighted by molar-refractivity contribution is 5.82. The van der Waals surface area contributed by atoms with Gasteiger partial charge < -0.3 is 23.7 Å². The molecule has 0 radical (unpaired) electrons. The summed E-state index contributed by atoms with van der Waals surface area (Å²) < 4.78 is 28.8. The minimum absolute atomic E-state index is 0.106. The Morgan fingerprint density at radius 1 is 0.429 bits per heavy atom. The van der Waals surface area contributed by atoms with E-state index in [1.54, 1.807) is 0 Å². The molecule has 0 bridgehead atoms. The van der Waals surface area contributed by atoms with Crippen LogP contribution >= 0.6 is 0 Å². The summed E-state index contributed by atoms with van der Waals surface area (Å²) in [6.07, 6.45) is 35.6. The van der Waals surface area contributed by atoms with Crippen LogP contribution in [0.3, 0.4) is 0 Å². The lowest BCUT2D eigenvalue weighted by Crippen LogP contribution is -2.37. The minimum atomic E-state index is -0.436. The summed E-state index contributed by atoms with van der Waals surface area (Å²) in [5, 5.41) is 0. The fourth-order valence-electron chi connectivity index (χ4n) is 8.09. The van der Waals surface area contributed by atoms with Gasteiger partial charge in [-0.1, -0.05) is 142 Å². The van der Waals surface area contributed by atoms with Gasteiger partial charge in [-0.25, -0.2) is 0 Å². The summed E-state index contributed by atoms with van der Waals surface area (Å²) in [7, 11) is 0. The topological polar surface area (TPSA) is 90.2 Å². The first-order chi connectivity index (χ1) is 24.1. The second-order valence-corrected chi connectivity index (χ2v) is 15.9. The van der Waals surface area contributed by atoms with Gasteiger partial charge in [0.15, 0.2) is 0 Å². The molecule has 8 unspecified atom stereocenters. The molecule has 0 amide bonds. The lowest BCUT2D eigenvalue weighted by molar-refractivity contribution is -0.162. The van der Waals surface area contributed by atoms with Crippen molar-refractivity contribution < 1.29 is 33.3 Å². The Morgan fingerprint density at radius 2 is 0.735 bits per heavy atom. The van der Waals surface area contributed by atoms with Crippen molar-refractivity contribution in [2.45, 2.75) is 230 Å². The highest BCUT2D eigenvalue weighted by Gasteiger charge is 2.53. The third-order valence-electron chi connectivity index (χ3n) is 11.6. The van der Waals surface area contributed by atoms with Crippen molar-refractivity contribution in [2.24, 2.45) is 11.8 Å². The normalized spacial score (nSPS) is 28.2. The van der Waals surface area contributed by atoms with Crippen molar-refractivity contribution in [2.75, 3.05) is 13.2 Å². The first kappa shape index (κ1) is 40.6. The molecule has 3 aliphatic heterocycles. The fraction of sp³-hybridized carbons (Fsp3) is 0.952. The standard InChI is InChI=1S/C42H74O7/c1-3-5-7-9-13-19-25-35-37(47-35)27-21-15-11-17-23-29-45-41(43)33-31-39-40(49-39)32-34(33)42(44)46-30-24-18-12-16-22-28-38-36(48-38)26-20-14-10-8-6-4-2/h33-40H,3-32H2,1-2H3. The van der Waals surface area contributed by atoms with Gasteiger partial charge in [0.05, 0.1) is 61.7 Å². The molecule has 1 saturated carbocycles. The smallest absolute Gasteiger partial charge is 0.309 e. The summed E-state index contributed by atoms with van der Waals surface area (Å²) in [6.45, 7) is 5.41. The SMILES string of the molecule is CCCCCCCCC1OC1CCCCCCCOC(=O)C1CC2OC2CC1C(=O)OCCCCCCCC1OC1CCCCCCCC. The van der Waals surface area contributed by atoms with Crippen molar-refractivity contribution in [3.8, 4) is 0 Å². The Balaban J connectivity index is 0.938. The van der Waals surface area contributed by atoms with E-state index in [9.17, 15) is 9.59 Å². The van der Waals surface area contributed by atoms with Crippen molar-refractivity contribution in [3.63, 3.8) is 0 Å². The summed E-state index contributed by atoms with van der Waals surface area (Å²) in [5.74, 6) is -1.36. The molecule has 7 nitrogen and oxygen atoms in total. The van der Waals surface area contributed by atoms with E-state index in [4.69, 9.17) is 23.7 Å². The number of hydrogen-bond donors (Lipinski definition) is 0. The third-order valence-corrected chi connectivity index (χ3v) is 11.6. The lowest BCUT2D eigenvalue weighted by Gasteiger charge is -2.26. The largest absolute Gasteiger partial charge is 0.465 e. The van der Waals surface area contributed by atoms with Gasteiger partial charge in [0, 0.05) is 0 Å². The Hall–Kier alpha value is -1.18. The second-order valence-electron chi connectivity index (χ2n) is 15.9. The molecule has 0 aromatic rings. The Labute approximate surface area is 300 Å². The number of rotatable bonds is 32. The first-order valence-corrected chi connectivity index (χ1v) is 21.4. The van der Waals surface area contributed by atoms with E-state index in [-0.39, 0.29) is 24.1 Å². The van der Waals surface area contributed by atoms with Crippen LogP contribution in [0.2, 0.25) is 0 Å². The van der Waals surface area contributed by atoms with Crippen LogP contribution in [0, 0.1) is 11.8 Å². The Morgan fingerprint density at radius 3 is 1.08 bits per heavy atom.